The van der Waals surface area contributed by atoms with E-state index in [-0.39, 0.29) is 18.3 Å². The van der Waals surface area contributed by atoms with E-state index in [1.165, 1.54) is 11.3 Å². The molecule has 0 radical (unpaired) electrons. The minimum Gasteiger partial charge on any atom is -0.478 e. The normalized spacial score (nSPS) is 19.9. The highest BCUT2D eigenvalue weighted by atomic mass is 32.1. The van der Waals surface area contributed by atoms with Gasteiger partial charge in [-0.05, 0) is 5.56 Å². The Morgan fingerprint density at radius 3 is 3.00 bits per heavy atom. The lowest BCUT2D eigenvalue weighted by Gasteiger charge is -2.21. The monoisotopic (exact) mass is 229 g/mol. The summed E-state index contributed by atoms with van der Waals surface area (Å²) in [5.41, 5.74) is 6.52. The van der Waals surface area contributed by atoms with Gasteiger partial charge >= 0.3 is 5.97 Å². The van der Waals surface area contributed by atoms with Gasteiger partial charge in [0, 0.05) is 11.3 Å². The quantitative estimate of drug-likeness (QED) is 0.685. The summed E-state index contributed by atoms with van der Waals surface area (Å²) >= 11 is 1.25. The third kappa shape index (κ3) is 1.71. The van der Waals surface area contributed by atoms with E-state index in [1.54, 1.807) is 0 Å². The summed E-state index contributed by atoms with van der Waals surface area (Å²) in [5, 5.41) is 18.3. The van der Waals surface area contributed by atoms with Gasteiger partial charge in [0.2, 0.25) is 0 Å². The summed E-state index contributed by atoms with van der Waals surface area (Å²) in [5.74, 6) is -1.01. The number of carboxylic acid groups (broad SMARTS) is 1. The Kier molecular flexibility index (Phi) is 2.64. The van der Waals surface area contributed by atoms with Crippen molar-refractivity contribution in [1.29, 1.82) is 0 Å². The highest BCUT2D eigenvalue weighted by molar-refractivity contribution is 7.16. The first-order chi connectivity index (χ1) is 7.13. The molecule has 0 aliphatic carbocycles. The van der Waals surface area contributed by atoms with Gasteiger partial charge in [0.05, 0.1) is 24.9 Å². The molecule has 0 saturated heterocycles. The number of rotatable bonds is 2. The van der Waals surface area contributed by atoms with Crippen LogP contribution < -0.4 is 5.73 Å². The van der Waals surface area contributed by atoms with E-state index >= 15 is 0 Å². The van der Waals surface area contributed by atoms with Crippen LogP contribution in [0.3, 0.4) is 0 Å². The second-order valence-electron chi connectivity index (χ2n) is 3.37. The zero-order chi connectivity index (χ0) is 11.0. The van der Waals surface area contributed by atoms with Crippen molar-refractivity contribution in [3.8, 4) is 0 Å². The molecular weight excluding hydrogens is 218 g/mol. The fraction of sp³-hybridized carbons (Fsp3) is 0.444. The Bertz CT molecular complexity index is 401. The number of aliphatic hydroxyl groups excluding tert-OH is 1. The molecule has 2 heterocycles. The summed E-state index contributed by atoms with van der Waals surface area (Å²) in [4.78, 5) is 11.8. The fourth-order valence-corrected chi connectivity index (χ4v) is 2.71. The number of hydrogen-bond donors (Lipinski definition) is 3. The van der Waals surface area contributed by atoms with Crippen molar-refractivity contribution in [2.24, 2.45) is 0 Å². The molecule has 1 aromatic heterocycles. The van der Waals surface area contributed by atoms with Gasteiger partial charge in [-0.3, -0.25) is 0 Å². The molecule has 5 nitrogen and oxygen atoms in total. The lowest BCUT2D eigenvalue weighted by atomic mass is 10.0. The lowest BCUT2D eigenvalue weighted by molar-refractivity contribution is -0.00554. The van der Waals surface area contributed by atoms with E-state index in [1.807, 2.05) is 0 Å². The van der Waals surface area contributed by atoms with E-state index < -0.39 is 5.97 Å². The first kappa shape index (κ1) is 10.4. The van der Waals surface area contributed by atoms with Gasteiger partial charge in [-0.2, -0.15) is 0 Å². The molecule has 1 aromatic rings. The Morgan fingerprint density at radius 2 is 2.40 bits per heavy atom. The van der Waals surface area contributed by atoms with Crippen LogP contribution in [-0.2, 0) is 17.8 Å². The van der Waals surface area contributed by atoms with Crippen molar-refractivity contribution in [1.82, 2.24) is 0 Å². The smallest absolute Gasteiger partial charge is 0.338 e. The molecule has 4 N–H and O–H groups in total. The number of carbonyl (C=O) groups is 1. The van der Waals surface area contributed by atoms with Crippen molar-refractivity contribution in [2.75, 3.05) is 12.3 Å². The fourth-order valence-electron chi connectivity index (χ4n) is 1.70. The Balaban J connectivity index is 2.42. The van der Waals surface area contributed by atoms with Crippen LogP contribution in [0.4, 0.5) is 5.00 Å². The maximum Gasteiger partial charge on any atom is 0.338 e. The van der Waals surface area contributed by atoms with E-state index in [4.69, 9.17) is 20.7 Å². The number of hydrogen-bond acceptors (Lipinski definition) is 5. The third-order valence-electron chi connectivity index (χ3n) is 2.42. The molecular formula is C9H11NO4S. The van der Waals surface area contributed by atoms with Crippen molar-refractivity contribution < 1.29 is 19.7 Å². The van der Waals surface area contributed by atoms with Crippen LogP contribution in [-0.4, -0.2) is 28.9 Å². The van der Waals surface area contributed by atoms with Gasteiger partial charge in [0.25, 0.3) is 0 Å². The van der Waals surface area contributed by atoms with Crippen molar-refractivity contribution in [3.05, 3.63) is 16.0 Å². The Morgan fingerprint density at radius 1 is 1.67 bits per heavy atom. The molecule has 82 valence electrons. The SMILES string of the molecule is Nc1sc2c(c1C(=O)O)CC(CO)OC2. The van der Waals surface area contributed by atoms with Crippen LogP contribution in [0.5, 0.6) is 0 Å². The second kappa shape index (κ2) is 3.80. The molecule has 0 amide bonds. The van der Waals surface area contributed by atoms with Crippen molar-refractivity contribution in [3.63, 3.8) is 0 Å². The van der Waals surface area contributed by atoms with Gasteiger partial charge in [0.15, 0.2) is 0 Å². The van der Waals surface area contributed by atoms with Gasteiger partial charge in [-0.25, -0.2) is 4.79 Å². The average Bonchev–Trinajstić information content (AvgIpc) is 2.52. The topological polar surface area (TPSA) is 92.8 Å². The predicted octanol–water partition coefficient (Wildman–Crippen LogP) is 0.462. The van der Waals surface area contributed by atoms with Crippen LogP contribution >= 0.6 is 11.3 Å². The van der Waals surface area contributed by atoms with Crippen LogP contribution in [0.2, 0.25) is 0 Å². The zero-order valence-corrected chi connectivity index (χ0v) is 8.71. The van der Waals surface area contributed by atoms with Crippen LogP contribution in [0, 0.1) is 0 Å². The number of nitrogens with two attached hydrogens (primary N) is 1. The number of thiophene rings is 1. The van der Waals surface area contributed by atoms with E-state index in [0.717, 1.165) is 10.4 Å². The van der Waals surface area contributed by atoms with Crippen LogP contribution in [0.25, 0.3) is 0 Å². The molecule has 0 aromatic carbocycles. The molecule has 15 heavy (non-hydrogen) atoms. The molecule has 1 atom stereocenters. The zero-order valence-electron chi connectivity index (χ0n) is 7.90. The summed E-state index contributed by atoms with van der Waals surface area (Å²) in [6, 6.07) is 0. The standard InChI is InChI=1S/C9H11NO4S/c10-8-7(9(12)13)5-1-4(2-11)14-3-6(5)15-8/h4,11H,1-3,10H2,(H,12,13). The average molecular weight is 229 g/mol. The van der Waals surface area contributed by atoms with Crippen molar-refractivity contribution >= 4 is 22.3 Å². The summed E-state index contributed by atoms with van der Waals surface area (Å²) in [7, 11) is 0. The maximum absolute atomic E-state index is 11.0. The Hall–Kier alpha value is -1.11. The molecule has 2 rings (SSSR count). The number of aromatic carboxylic acids is 1. The van der Waals surface area contributed by atoms with E-state index in [2.05, 4.69) is 0 Å². The maximum atomic E-state index is 11.0. The highest BCUT2D eigenvalue weighted by Gasteiger charge is 2.28. The first-order valence-corrected chi connectivity index (χ1v) is 5.31. The van der Waals surface area contributed by atoms with Crippen LogP contribution in [0.1, 0.15) is 20.8 Å². The lowest BCUT2D eigenvalue weighted by Crippen LogP contribution is -2.25. The number of fused-ring (bicyclic) bond motifs is 1. The molecule has 0 bridgehead atoms. The molecule has 0 fully saturated rings. The number of aliphatic hydroxyl groups is 1. The molecule has 0 saturated carbocycles. The summed E-state index contributed by atoms with van der Waals surface area (Å²) in [6.45, 7) is 0.233. The van der Waals surface area contributed by atoms with Gasteiger partial charge < -0.3 is 20.7 Å². The number of nitrogen functional groups attached to an aromatic ring is 1. The van der Waals surface area contributed by atoms with Gasteiger partial charge in [-0.15, -0.1) is 11.3 Å². The summed E-state index contributed by atoms with van der Waals surface area (Å²) < 4.78 is 5.31. The minimum atomic E-state index is -1.01. The minimum absolute atomic E-state index is 0.103. The molecule has 6 heteroatoms. The van der Waals surface area contributed by atoms with Crippen LogP contribution in [0.15, 0.2) is 0 Å². The van der Waals surface area contributed by atoms with E-state index in [0.29, 0.717) is 18.0 Å². The molecule has 0 spiro atoms. The molecule has 1 aliphatic heterocycles. The Labute approximate surface area is 90.1 Å². The number of anilines is 1. The highest BCUT2D eigenvalue weighted by Crippen LogP contribution is 2.35. The first-order valence-electron chi connectivity index (χ1n) is 4.49. The second-order valence-corrected chi connectivity index (χ2v) is 4.50. The predicted molar refractivity (Wildman–Crippen MR) is 55.1 cm³/mol. The van der Waals surface area contributed by atoms with E-state index in [9.17, 15) is 4.79 Å². The molecule has 1 unspecified atom stereocenters. The number of ether oxygens (including phenoxy) is 1. The molecule has 1 aliphatic rings. The third-order valence-corrected chi connectivity index (χ3v) is 3.45. The van der Waals surface area contributed by atoms with Crippen molar-refractivity contribution in [2.45, 2.75) is 19.1 Å². The van der Waals surface area contributed by atoms with Gasteiger partial charge in [-0.1, -0.05) is 0 Å². The largest absolute Gasteiger partial charge is 0.478 e. The number of carboxylic acids is 1. The van der Waals surface area contributed by atoms with Gasteiger partial charge in [0.1, 0.15) is 5.00 Å². The summed E-state index contributed by atoms with van der Waals surface area (Å²) in [6.07, 6.45) is 0.103.